The molecule has 1 aromatic rings. The zero-order chi connectivity index (χ0) is 14.8. The van der Waals surface area contributed by atoms with Gasteiger partial charge in [-0.05, 0) is 38.0 Å². The van der Waals surface area contributed by atoms with E-state index in [0.717, 1.165) is 0 Å². The molecular weight excluding hydrogens is 284 g/mol. The Morgan fingerprint density at radius 2 is 1.95 bits per heavy atom. The molecule has 0 radical (unpaired) electrons. The van der Waals surface area contributed by atoms with Crippen LogP contribution in [0.25, 0.3) is 0 Å². The molecule has 0 bridgehead atoms. The molecule has 19 heavy (non-hydrogen) atoms. The third kappa shape index (κ3) is 3.77. The molecule has 108 valence electrons. The lowest BCUT2D eigenvalue weighted by Gasteiger charge is -2.15. The average Bonchev–Trinajstić information content (AvgIpc) is 2.31. The van der Waals surface area contributed by atoms with Gasteiger partial charge in [0.2, 0.25) is 10.0 Å². The highest BCUT2D eigenvalue weighted by Crippen LogP contribution is 2.24. The largest absolute Gasteiger partial charge is 0.398 e. The van der Waals surface area contributed by atoms with E-state index in [2.05, 4.69) is 4.72 Å². The van der Waals surface area contributed by atoms with Crippen molar-refractivity contribution in [1.82, 2.24) is 4.72 Å². The van der Waals surface area contributed by atoms with Crippen LogP contribution in [0, 0.1) is 13.8 Å². The third-order valence-corrected chi connectivity index (χ3v) is 6.05. The second kappa shape index (κ2) is 6.02. The van der Waals surface area contributed by atoms with Crippen molar-refractivity contribution in [3.63, 3.8) is 0 Å². The van der Waals surface area contributed by atoms with E-state index in [9.17, 15) is 12.6 Å². The van der Waals surface area contributed by atoms with Crippen LogP contribution in [0.5, 0.6) is 0 Å². The van der Waals surface area contributed by atoms with Crippen molar-refractivity contribution < 1.29 is 12.6 Å². The number of aryl methyl sites for hydroxylation is 1. The van der Waals surface area contributed by atoms with Crippen LogP contribution in [-0.2, 0) is 20.8 Å². The molecule has 1 rings (SSSR count). The molecule has 0 aliphatic heterocycles. The van der Waals surface area contributed by atoms with E-state index < -0.39 is 20.8 Å². The molecule has 1 aromatic carbocycles. The Kier molecular flexibility index (Phi) is 5.11. The predicted octanol–water partition coefficient (Wildman–Crippen LogP) is 0.931. The second-order valence-corrected chi connectivity index (χ2v) is 8.09. The first-order chi connectivity index (χ1) is 8.66. The lowest BCUT2D eigenvalue weighted by molar-refractivity contribution is 0.579. The minimum atomic E-state index is -3.64. The van der Waals surface area contributed by atoms with Crippen molar-refractivity contribution in [2.75, 3.05) is 18.5 Å². The van der Waals surface area contributed by atoms with Gasteiger partial charge in [0.25, 0.3) is 0 Å². The van der Waals surface area contributed by atoms with Gasteiger partial charge in [-0.2, -0.15) is 0 Å². The first-order valence-corrected chi connectivity index (χ1v) is 8.95. The first-order valence-electron chi connectivity index (χ1n) is 5.84. The number of nitrogens with one attached hydrogen (secondary N) is 1. The minimum absolute atomic E-state index is 0.138. The van der Waals surface area contributed by atoms with Crippen LogP contribution in [0.3, 0.4) is 0 Å². The maximum Gasteiger partial charge on any atom is 0.241 e. The molecule has 2 atom stereocenters. The van der Waals surface area contributed by atoms with Crippen LogP contribution in [0.1, 0.15) is 18.1 Å². The molecule has 0 spiro atoms. The maximum atomic E-state index is 12.3. The van der Waals surface area contributed by atoms with Crippen molar-refractivity contribution in [3.05, 3.63) is 23.3 Å². The van der Waals surface area contributed by atoms with E-state index >= 15 is 0 Å². The van der Waals surface area contributed by atoms with Crippen LogP contribution < -0.4 is 10.5 Å². The van der Waals surface area contributed by atoms with Crippen molar-refractivity contribution in [3.8, 4) is 0 Å². The van der Waals surface area contributed by atoms with E-state index in [1.165, 1.54) is 0 Å². The number of nitrogen functional groups attached to an aromatic ring is 1. The number of sulfonamides is 1. The lowest BCUT2D eigenvalue weighted by Crippen LogP contribution is -2.33. The normalized spacial score (nSPS) is 15.2. The summed E-state index contributed by atoms with van der Waals surface area (Å²) in [6.07, 6.45) is 1.55. The Bertz CT molecular complexity index is 597. The Morgan fingerprint density at radius 1 is 1.37 bits per heavy atom. The van der Waals surface area contributed by atoms with Gasteiger partial charge in [0.05, 0.1) is 4.90 Å². The summed E-state index contributed by atoms with van der Waals surface area (Å²) in [7, 11) is -4.71. The highest BCUT2D eigenvalue weighted by Gasteiger charge is 2.21. The molecule has 3 N–H and O–H groups in total. The number of nitrogens with two attached hydrogens (primary N) is 1. The zero-order valence-corrected chi connectivity index (χ0v) is 13.2. The topological polar surface area (TPSA) is 89.3 Å². The van der Waals surface area contributed by atoms with Crippen LogP contribution in [0.2, 0.25) is 0 Å². The van der Waals surface area contributed by atoms with Crippen LogP contribution >= 0.6 is 0 Å². The van der Waals surface area contributed by atoms with Gasteiger partial charge in [-0.3, -0.25) is 4.21 Å². The molecule has 0 amide bonds. The van der Waals surface area contributed by atoms with Crippen molar-refractivity contribution in [2.24, 2.45) is 0 Å². The molecule has 0 fully saturated rings. The molecule has 0 aliphatic rings. The second-order valence-electron chi connectivity index (χ2n) is 4.59. The van der Waals surface area contributed by atoms with Crippen molar-refractivity contribution in [2.45, 2.75) is 30.9 Å². The molecule has 0 aliphatic carbocycles. The number of hydrogen-bond acceptors (Lipinski definition) is 4. The van der Waals surface area contributed by atoms with Gasteiger partial charge in [0, 0.05) is 34.5 Å². The van der Waals surface area contributed by atoms with Crippen LogP contribution in [-0.4, -0.2) is 30.7 Å². The SMILES string of the molecule is Cc1ccc(N)c(C)c1S(=O)(=O)NCC(C)S(C)=O. The summed E-state index contributed by atoms with van der Waals surface area (Å²) >= 11 is 0. The summed E-state index contributed by atoms with van der Waals surface area (Å²) in [5.74, 6) is 0. The lowest BCUT2D eigenvalue weighted by atomic mass is 10.1. The highest BCUT2D eigenvalue weighted by molar-refractivity contribution is 7.89. The van der Waals surface area contributed by atoms with Gasteiger partial charge in [-0.1, -0.05) is 6.07 Å². The van der Waals surface area contributed by atoms with Gasteiger partial charge in [-0.15, -0.1) is 0 Å². The average molecular weight is 304 g/mol. The van der Waals surface area contributed by atoms with Crippen LogP contribution in [0.4, 0.5) is 5.69 Å². The summed E-state index contributed by atoms with van der Waals surface area (Å²) < 4.78 is 38.3. The molecule has 5 nitrogen and oxygen atoms in total. The van der Waals surface area contributed by atoms with E-state index in [-0.39, 0.29) is 16.7 Å². The fraction of sp³-hybridized carbons (Fsp3) is 0.500. The highest BCUT2D eigenvalue weighted by atomic mass is 32.2. The van der Waals surface area contributed by atoms with E-state index in [1.807, 2.05) is 0 Å². The fourth-order valence-electron chi connectivity index (χ4n) is 1.67. The number of hydrogen-bond donors (Lipinski definition) is 2. The first kappa shape index (κ1) is 16.1. The smallest absolute Gasteiger partial charge is 0.241 e. The minimum Gasteiger partial charge on any atom is -0.398 e. The Hall–Kier alpha value is -0.920. The Morgan fingerprint density at radius 3 is 2.47 bits per heavy atom. The summed E-state index contributed by atoms with van der Waals surface area (Å²) in [5, 5.41) is -0.239. The third-order valence-electron chi connectivity index (χ3n) is 3.04. The number of rotatable bonds is 5. The monoisotopic (exact) mass is 304 g/mol. The Balaban J connectivity index is 3.08. The van der Waals surface area contributed by atoms with Crippen molar-refractivity contribution in [1.29, 1.82) is 0 Å². The fourth-order valence-corrected chi connectivity index (χ4v) is 3.72. The molecule has 0 saturated heterocycles. The summed E-state index contributed by atoms with van der Waals surface area (Å²) in [4.78, 5) is 0.210. The predicted molar refractivity (Wildman–Crippen MR) is 79.0 cm³/mol. The molecule has 7 heteroatoms. The molecule has 0 aromatic heterocycles. The van der Waals surface area contributed by atoms with Gasteiger partial charge in [-0.25, -0.2) is 13.1 Å². The Labute approximate surface area is 117 Å². The molecular formula is C12H20N2O3S2. The van der Waals surface area contributed by atoms with Gasteiger partial charge < -0.3 is 5.73 Å². The van der Waals surface area contributed by atoms with E-state index in [0.29, 0.717) is 16.8 Å². The number of anilines is 1. The quantitative estimate of drug-likeness (QED) is 0.792. The molecule has 2 unspecified atom stereocenters. The standard InChI is InChI=1S/C12H20N2O3S2/c1-8-5-6-11(13)10(3)12(8)19(16,17)14-7-9(2)18(4)15/h5-6,9,14H,7,13H2,1-4H3. The van der Waals surface area contributed by atoms with Crippen LogP contribution in [0.15, 0.2) is 17.0 Å². The summed E-state index contributed by atoms with van der Waals surface area (Å²) in [5.41, 5.74) is 7.37. The van der Waals surface area contributed by atoms with Gasteiger partial charge >= 0.3 is 0 Å². The van der Waals surface area contributed by atoms with Gasteiger partial charge in [0.15, 0.2) is 0 Å². The van der Waals surface area contributed by atoms with E-state index in [4.69, 9.17) is 5.73 Å². The molecule has 0 heterocycles. The zero-order valence-electron chi connectivity index (χ0n) is 11.6. The summed E-state index contributed by atoms with van der Waals surface area (Å²) in [6.45, 7) is 5.28. The summed E-state index contributed by atoms with van der Waals surface area (Å²) in [6, 6.07) is 3.37. The van der Waals surface area contributed by atoms with Crippen molar-refractivity contribution >= 4 is 26.5 Å². The number of benzene rings is 1. The maximum absolute atomic E-state index is 12.3. The van der Waals surface area contributed by atoms with E-state index in [1.54, 1.807) is 39.2 Å². The van der Waals surface area contributed by atoms with Gasteiger partial charge in [0.1, 0.15) is 0 Å². The molecule has 0 saturated carbocycles.